The van der Waals surface area contributed by atoms with E-state index >= 15 is 0 Å². The lowest BCUT2D eigenvalue weighted by Gasteiger charge is -2.12. The molecule has 0 saturated carbocycles. The van der Waals surface area contributed by atoms with Crippen LogP contribution >= 0.6 is 27.5 Å². The molecule has 0 bridgehead atoms. The van der Waals surface area contributed by atoms with Crippen LogP contribution in [0.3, 0.4) is 0 Å². The first-order chi connectivity index (χ1) is 8.49. The van der Waals surface area contributed by atoms with Crippen LogP contribution in [0.4, 0.5) is 13.2 Å². The Morgan fingerprint density at radius 3 is 2.28 bits per heavy atom. The molecule has 18 heavy (non-hydrogen) atoms. The van der Waals surface area contributed by atoms with Crippen molar-refractivity contribution in [3.05, 3.63) is 69.4 Å². The quantitative estimate of drug-likeness (QED) is 0.662. The van der Waals surface area contributed by atoms with Crippen LogP contribution in [0.15, 0.2) is 40.9 Å². The Labute approximate surface area is 116 Å². The second kappa shape index (κ2) is 5.33. The average Bonchev–Trinajstić information content (AvgIpc) is 2.31. The molecule has 2 aromatic carbocycles. The van der Waals surface area contributed by atoms with Crippen molar-refractivity contribution in [3.8, 4) is 0 Å². The van der Waals surface area contributed by atoms with Gasteiger partial charge >= 0.3 is 0 Å². The van der Waals surface area contributed by atoms with Crippen molar-refractivity contribution < 1.29 is 13.2 Å². The first kappa shape index (κ1) is 13.4. The number of hydrogen-bond acceptors (Lipinski definition) is 0. The lowest BCUT2D eigenvalue weighted by atomic mass is 10.0. The van der Waals surface area contributed by atoms with Crippen LogP contribution < -0.4 is 0 Å². The van der Waals surface area contributed by atoms with Crippen molar-refractivity contribution in [2.75, 3.05) is 0 Å². The zero-order chi connectivity index (χ0) is 13.3. The van der Waals surface area contributed by atoms with Gasteiger partial charge in [0.25, 0.3) is 0 Å². The minimum absolute atomic E-state index is 0.0371. The smallest absolute Gasteiger partial charge is 0.131 e. The van der Waals surface area contributed by atoms with E-state index in [2.05, 4.69) is 15.9 Å². The molecule has 0 nitrogen and oxygen atoms in total. The van der Waals surface area contributed by atoms with Gasteiger partial charge in [-0.1, -0.05) is 22.0 Å². The van der Waals surface area contributed by atoms with Crippen molar-refractivity contribution in [1.82, 2.24) is 0 Å². The minimum atomic E-state index is -1.01. The third-order valence-electron chi connectivity index (χ3n) is 2.47. The van der Waals surface area contributed by atoms with Gasteiger partial charge in [-0.25, -0.2) is 13.2 Å². The fourth-order valence-corrected chi connectivity index (χ4v) is 2.31. The van der Waals surface area contributed by atoms with Gasteiger partial charge in [-0.3, -0.25) is 0 Å². The van der Waals surface area contributed by atoms with Crippen molar-refractivity contribution in [2.24, 2.45) is 0 Å². The molecule has 0 fully saturated rings. The molecule has 1 atom stereocenters. The summed E-state index contributed by atoms with van der Waals surface area (Å²) in [5, 5.41) is -1.01. The summed E-state index contributed by atoms with van der Waals surface area (Å²) in [4.78, 5) is 0. The van der Waals surface area contributed by atoms with Gasteiger partial charge in [-0.05, 0) is 24.3 Å². The third-order valence-corrected chi connectivity index (χ3v) is 3.43. The standard InChI is InChI=1S/C13H7BrClF3/c14-7-1-4-11(17)10(5-7)13(15)9-3-2-8(16)6-12(9)18/h1-6,13H. The van der Waals surface area contributed by atoms with E-state index in [-0.39, 0.29) is 11.1 Å². The summed E-state index contributed by atoms with van der Waals surface area (Å²) in [5.74, 6) is -2.04. The highest BCUT2D eigenvalue weighted by Crippen LogP contribution is 2.33. The molecule has 0 radical (unpaired) electrons. The topological polar surface area (TPSA) is 0 Å². The van der Waals surface area contributed by atoms with Gasteiger partial charge in [0.1, 0.15) is 17.5 Å². The molecule has 0 amide bonds. The van der Waals surface area contributed by atoms with Crippen LogP contribution in [0.25, 0.3) is 0 Å². The number of hydrogen-bond donors (Lipinski definition) is 0. The molecule has 0 N–H and O–H groups in total. The van der Waals surface area contributed by atoms with Crippen LogP contribution in [-0.4, -0.2) is 0 Å². The average molecular weight is 336 g/mol. The fraction of sp³-hybridized carbons (Fsp3) is 0.0769. The largest absolute Gasteiger partial charge is 0.207 e. The van der Waals surface area contributed by atoms with Crippen molar-refractivity contribution >= 4 is 27.5 Å². The predicted octanol–water partition coefficient (Wildman–Crippen LogP) is 5.19. The molecule has 2 aromatic rings. The van der Waals surface area contributed by atoms with E-state index in [0.29, 0.717) is 4.47 Å². The molecule has 0 aliphatic carbocycles. The van der Waals surface area contributed by atoms with Crippen LogP contribution in [0.5, 0.6) is 0 Å². The van der Waals surface area contributed by atoms with E-state index in [1.807, 2.05) is 0 Å². The van der Waals surface area contributed by atoms with Crippen LogP contribution in [0.1, 0.15) is 16.5 Å². The monoisotopic (exact) mass is 334 g/mol. The van der Waals surface area contributed by atoms with E-state index in [1.165, 1.54) is 24.3 Å². The molecule has 0 aliphatic heterocycles. The van der Waals surface area contributed by atoms with Gasteiger partial charge < -0.3 is 0 Å². The Balaban J connectivity index is 2.47. The molecule has 0 saturated heterocycles. The maximum absolute atomic E-state index is 13.6. The normalized spacial score (nSPS) is 12.5. The second-order valence-electron chi connectivity index (χ2n) is 3.69. The maximum atomic E-state index is 13.6. The third kappa shape index (κ3) is 2.70. The highest BCUT2D eigenvalue weighted by atomic mass is 79.9. The lowest BCUT2D eigenvalue weighted by molar-refractivity contribution is 0.569. The Kier molecular flexibility index (Phi) is 3.97. The zero-order valence-electron chi connectivity index (χ0n) is 8.93. The summed E-state index contributed by atoms with van der Waals surface area (Å²) < 4.78 is 40.6. The van der Waals surface area contributed by atoms with Gasteiger partial charge in [0, 0.05) is 21.7 Å². The van der Waals surface area contributed by atoms with Crippen LogP contribution in [0, 0.1) is 17.5 Å². The second-order valence-corrected chi connectivity index (χ2v) is 5.05. The summed E-state index contributed by atoms with van der Waals surface area (Å²) in [6.07, 6.45) is 0. The Morgan fingerprint density at radius 1 is 0.889 bits per heavy atom. The molecule has 5 heteroatoms. The van der Waals surface area contributed by atoms with Gasteiger partial charge in [0.05, 0.1) is 5.38 Å². The van der Waals surface area contributed by atoms with Crippen molar-refractivity contribution in [1.29, 1.82) is 0 Å². The highest BCUT2D eigenvalue weighted by molar-refractivity contribution is 9.10. The molecular weight excluding hydrogens is 328 g/mol. The van der Waals surface area contributed by atoms with E-state index in [1.54, 1.807) is 0 Å². The van der Waals surface area contributed by atoms with Crippen molar-refractivity contribution in [2.45, 2.75) is 5.38 Å². The fourth-order valence-electron chi connectivity index (χ4n) is 1.58. The molecule has 2 rings (SSSR count). The minimum Gasteiger partial charge on any atom is -0.207 e. The summed E-state index contributed by atoms with van der Waals surface area (Å²) >= 11 is 9.23. The summed E-state index contributed by atoms with van der Waals surface area (Å²) in [5.41, 5.74) is 0.173. The molecule has 1 unspecified atom stereocenters. The first-order valence-electron chi connectivity index (χ1n) is 5.03. The molecule has 0 aliphatic rings. The Morgan fingerprint density at radius 2 is 1.61 bits per heavy atom. The highest BCUT2D eigenvalue weighted by Gasteiger charge is 2.19. The van der Waals surface area contributed by atoms with E-state index in [4.69, 9.17) is 11.6 Å². The SMILES string of the molecule is Fc1ccc(C(Cl)c2cc(Br)ccc2F)c(F)c1. The van der Waals surface area contributed by atoms with Gasteiger partial charge in [-0.15, -0.1) is 11.6 Å². The number of rotatable bonds is 2. The molecular formula is C13H7BrClF3. The van der Waals surface area contributed by atoms with Gasteiger partial charge in [0.2, 0.25) is 0 Å². The number of alkyl halides is 1. The van der Waals surface area contributed by atoms with Crippen molar-refractivity contribution in [3.63, 3.8) is 0 Å². The van der Waals surface area contributed by atoms with Crippen LogP contribution in [-0.2, 0) is 0 Å². The Hall–Kier alpha value is -1.00. The summed E-state index contributed by atoms with van der Waals surface area (Å²) in [6, 6.07) is 7.24. The molecule has 0 spiro atoms. The summed E-state index contributed by atoms with van der Waals surface area (Å²) in [6.45, 7) is 0. The van der Waals surface area contributed by atoms with Crippen LogP contribution in [0.2, 0.25) is 0 Å². The summed E-state index contributed by atoms with van der Waals surface area (Å²) in [7, 11) is 0. The van der Waals surface area contributed by atoms with E-state index in [0.717, 1.165) is 12.1 Å². The van der Waals surface area contributed by atoms with Gasteiger partial charge in [-0.2, -0.15) is 0 Å². The zero-order valence-corrected chi connectivity index (χ0v) is 11.3. The Bertz CT molecular complexity index is 586. The molecule has 94 valence electrons. The molecule has 0 heterocycles. The lowest BCUT2D eigenvalue weighted by Crippen LogP contribution is -2.00. The molecule has 0 aromatic heterocycles. The van der Waals surface area contributed by atoms with E-state index < -0.39 is 22.8 Å². The van der Waals surface area contributed by atoms with Gasteiger partial charge in [0.15, 0.2) is 0 Å². The first-order valence-corrected chi connectivity index (χ1v) is 6.26. The number of benzene rings is 2. The predicted molar refractivity (Wildman–Crippen MR) is 68.2 cm³/mol. The number of halogens is 5. The van der Waals surface area contributed by atoms with E-state index in [9.17, 15) is 13.2 Å². The maximum Gasteiger partial charge on any atom is 0.131 e.